The third kappa shape index (κ3) is 4.77. The Balaban J connectivity index is 2.13. The molecule has 0 fully saturated rings. The minimum absolute atomic E-state index is 0.809. The molecule has 0 aliphatic heterocycles. The molecule has 0 radical (unpaired) electrons. The molecule has 4 heteroatoms. The van der Waals surface area contributed by atoms with Gasteiger partial charge in [0.15, 0.2) is 0 Å². The zero-order valence-electron chi connectivity index (χ0n) is 10.4. The van der Waals surface area contributed by atoms with Crippen molar-refractivity contribution in [2.24, 2.45) is 0 Å². The summed E-state index contributed by atoms with van der Waals surface area (Å²) in [6, 6.07) is 0. The van der Waals surface area contributed by atoms with Crippen LogP contribution in [0.3, 0.4) is 0 Å². The van der Waals surface area contributed by atoms with E-state index in [0.29, 0.717) is 0 Å². The summed E-state index contributed by atoms with van der Waals surface area (Å²) in [5.41, 5.74) is 1.26. The van der Waals surface area contributed by atoms with Crippen molar-refractivity contribution >= 4 is 0 Å². The third-order valence-corrected chi connectivity index (χ3v) is 2.42. The highest BCUT2D eigenvalue weighted by molar-refractivity contribution is 4.97. The number of aryl methyl sites for hydroxylation is 1. The normalized spacial score (nSPS) is 10.9. The fourth-order valence-corrected chi connectivity index (χ4v) is 1.60. The first-order valence-electron chi connectivity index (χ1n) is 6.16. The molecule has 0 atom stereocenters. The van der Waals surface area contributed by atoms with Crippen LogP contribution in [0.5, 0.6) is 0 Å². The van der Waals surface area contributed by atoms with E-state index in [4.69, 9.17) is 4.74 Å². The molecule has 0 aliphatic rings. The zero-order valence-corrected chi connectivity index (χ0v) is 10.4. The Hall–Kier alpha value is -0.870. The lowest BCUT2D eigenvalue weighted by atomic mass is 10.4. The summed E-state index contributed by atoms with van der Waals surface area (Å²) in [6.45, 7) is 8.80. The van der Waals surface area contributed by atoms with Crippen molar-refractivity contribution in [3.8, 4) is 0 Å². The number of imidazole rings is 1. The molecule has 1 aromatic heterocycles. The predicted octanol–water partition coefficient (Wildman–Crippen LogP) is 1.81. The van der Waals surface area contributed by atoms with E-state index in [1.54, 1.807) is 0 Å². The summed E-state index contributed by atoms with van der Waals surface area (Å²) < 4.78 is 7.48. The number of nitrogens with zero attached hydrogens (tertiary/aromatic N) is 2. The molecule has 0 saturated carbocycles. The summed E-state index contributed by atoms with van der Waals surface area (Å²) >= 11 is 0. The molecule has 16 heavy (non-hydrogen) atoms. The van der Waals surface area contributed by atoms with Gasteiger partial charge in [-0.15, -0.1) is 0 Å². The van der Waals surface area contributed by atoms with E-state index in [-0.39, 0.29) is 0 Å². The lowest BCUT2D eigenvalue weighted by Crippen LogP contribution is -2.18. The first kappa shape index (κ1) is 13.2. The maximum absolute atomic E-state index is 5.28. The maximum Gasteiger partial charge on any atom is 0.0948 e. The van der Waals surface area contributed by atoms with Crippen LogP contribution in [-0.4, -0.2) is 29.3 Å². The standard InChI is InChI=1S/C12H23N3O/c1-3-7-15-11-14-10-12(15)9-13-6-5-8-16-4-2/h10-11,13H,3-9H2,1-2H3. The molecule has 0 saturated heterocycles. The van der Waals surface area contributed by atoms with Crippen LogP contribution >= 0.6 is 0 Å². The molecule has 1 N–H and O–H groups in total. The van der Waals surface area contributed by atoms with E-state index in [2.05, 4.69) is 21.8 Å². The van der Waals surface area contributed by atoms with Gasteiger partial charge in [0.25, 0.3) is 0 Å². The molecule has 1 aromatic rings. The first-order valence-corrected chi connectivity index (χ1v) is 6.16. The van der Waals surface area contributed by atoms with Gasteiger partial charge in [0.2, 0.25) is 0 Å². The Labute approximate surface area is 98.0 Å². The Kier molecular flexibility index (Phi) is 6.85. The average molecular weight is 225 g/mol. The number of ether oxygens (including phenoxy) is 1. The number of hydrogen-bond donors (Lipinski definition) is 1. The topological polar surface area (TPSA) is 39.1 Å². The highest BCUT2D eigenvalue weighted by Crippen LogP contribution is 2.00. The van der Waals surface area contributed by atoms with Crippen molar-refractivity contribution in [2.45, 2.75) is 39.8 Å². The van der Waals surface area contributed by atoms with E-state index < -0.39 is 0 Å². The highest BCUT2D eigenvalue weighted by atomic mass is 16.5. The molecule has 0 aromatic carbocycles. The van der Waals surface area contributed by atoms with Crippen molar-refractivity contribution in [3.05, 3.63) is 18.2 Å². The van der Waals surface area contributed by atoms with Crippen molar-refractivity contribution in [2.75, 3.05) is 19.8 Å². The molecular weight excluding hydrogens is 202 g/mol. The second kappa shape index (κ2) is 8.30. The summed E-state index contributed by atoms with van der Waals surface area (Å²) in [4.78, 5) is 4.17. The fraction of sp³-hybridized carbons (Fsp3) is 0.750. The molecule has 1 rings (SSSR count). The molecule has 0 bridgehead atoms. The van der Waals surface area contributed by atoms with Crippen LogP contribution in [0.1, 0.15) is 32.4 Å². The number of rotatable bonds is 9. The lowest BCUT2D eigenvalue weighted by Gasteiger charge is -2.08. The molecule has 0 unspecified atom stereocenters. The molecule has 0 spiro atoms. The number of hydrogen-bond acceptors (Lipinski definition) is 3. The lowest BCUT2D eigenvalue weighted by molar-refractivity contribution is 0.144. The first-order chi connectivity index (χ1) is 7.88. The highest BCUT2D eigenvalue weighted by Gasteiger charge is 1.99. The average Bonchev–Trinajstić information content (AvgIpc) is 2.72. The minimum atomic E-state index is 0.809. The van der Waals surface area contributed by atoms with Gasteiger partial charge in [0.05, 0.1) is 12.0 Å². The van der Waals surface area contributed by atoms with Gasteiger partial charge in [-0.2, -0.15) is 0 Å². The van der Waals surface area contributed by atoms with Gasteiger partial charge in [-0.1, -0.05) is 6.92 Å². The van der Waals surface area contributed by atoms with Gasteiger partial charge in [-0.3, -0.25) is 0 Å². The Morgan fingerprint density at radius 2 is 2.31 bits per heavy atom. The van der Waals surface area contributed by atoms with Crippen LogP contribution in [0.4, 0.5) is 0 Å². The largest absolute Gasteiger partial charge is 0.382 e. The van der Waals surface area contributed by atoms with Gasteiger partial charge in [-0.05, 0) is 26.3 Å². The van der Waals surface area contributed by atoms with Gasteiger partial charge >= 0.3 is 0 Å². The van der Waals surface area contributed by atoms with Crippen LogP contribution in [-0.2, 0) is 17.8 Å². The quantitative estimate of drug-likeness (QED) is 0.651. The molecule has 4 nitrogen and oxygen atoms in total. The van der Waals surface area contributed by atoms with E-state index in [1.165, 1.54) is 5.69 Å². The Morgan fingerprint density at radius 3 is 3.06 bits per heavy atom. The van der Waals surface area contributed by atoms with Crippen molar-refractivity contribution in [1.29, 1.82) is 0 Å². The van der Waals surface area contributed by atoms with Gasteiger partial charge in [0, 0.05) is 32.5 Å². The zero-order chi connectivity index (χ0) is 11.6. The van der Waals surface area contributed by atoms with Gasteiger partial charge in [-0.25, -0.2) is 4.98 Å². The van der Waals surface area contributed by atoms with E-state index in [0.717, 1.165) is 45.7 Å². The van der Waals surface area contributed by atoms with Crippen LogP contribution in [0.25, 0.3) is 0 Å². The second-order valence-corrected chi connectivity index (χ2v) is 3.81. The summed E-state index contributed by atoms with van der Waals surface area (Å²) in [7, 11) is 0. The van der Waals surface area contributed by atoms with Crippen LogP contribution in [0.2, 0.25) is 0 Å². The van der Waals surface area contributed by atoms with Crippen LogP contribution in [0.15, 0.2) is 12.5 Å². The van der Waals surface area contributed by atoms with Gasteiger partial charge < -0.3 is 14.6 Å². The second-order valence-electron chi connectivity index (χ2n) is 3.81. The van der Waals surface area contributed by atoms with Crippen LogP contribution in [0, 0.1) is 0 Å². The number of nitrogens with one attached hydrogen (secondary N) is 1. The van der Waals surface area contributed by atoms with Crippen molar-refractivity contribution in [1.82, 2.24) is 14.9 Å². The predicted molar refractivity (Wildman–Crippen MR) is 65.3 cm³/mol. The molecule has 0 amide bonds. The fourth-order valence-electron chi connectivity index (χ4n) is 1.60. The maximum atomic E-state index is 5.28. The smallest absolute Gasteiger partial charge is 0.0948 e. The summed E-state index contributed by atoms with van der Waals surface area (Å²) in [6.07, 6.45) is 6.05. The van der Waals surface area contributed by atoms with E-state index in [9.17, 15) is 0 Å². The minimum Gasteiger partial charge on any atom is -0.382 e. The monoisotopic (exact) mass is 225 g/mol. The van der Waals surface area contributed by atoms with Crippen molar-refractivity contribution in [3.63, 3.8) is 0 Å². The molecule has 92 valence electrons. The molecule has 1 heterocycles. The Bertz CT molecular complexity index is 273. The Morgan fingerprint density at radius 1 is 1.44 bits per heavy atom. The molecular formula is C12H23N3O. The van der Waals surface area contributed by atoms with E-state index in [1.807, 2.05) is 19.4 Å². The number of aromatic nitrogens is 2. The van der Waals surface area contributed by atoms with Crippen LogP contribution < -0.4 is 5.32 Å². The van der Waals surface area contributed by atoms with Crippen molar-refractivity contribution < 1.29 is 4.74 Å². The summed E-state index contributed by atoms with van der Waals surface area (Å²) in [5.74, 6) is 0. The van der Waals surface area contributed by atoms with E-state index >= 15 is 0 Å². The van der Waals surface area contributed by atoms with Gasteiger partial charge in [0.1, 0.15) is 0 Å². The third-order valence-electron chi connectivity index (χ3n) is 2.42. The molecule has 0 aliphatic carbocycles. The SMILES string of the molecule is CCCn1cncc1CNCCCOCC. The summed E-state index contributed by atoms with van der Waals surface area (Å²) in [5, 5.41) is 3.40.